The number of quaternary nitrogens is 1. The maximum absolute atomic E-state index is 13.8. The minimum Gasteiger partial charge on any atom is -0.321 e. The van der Waals surface area contributed by atoms with Crippen molar-refractivity contribution in [1.29, 1.82) is 0 Å². The van der Waals surface area contributed by atoms with Crippen LogP contribution in [0.1, 0.15) is 5.56 Å². The summed E-state index contributed by atoms with van der Waals surface area (Å²) in [4.78, 5) is 12.1. The lowest BCUT2D eigenvalue weighted by molar-refractivity contribution is -0.345. The number of fused-ring (bicyclic) bond motifs is 1. The van der Waals surface area contributed by atoms with Gasteiger partial charge in [-0.05, 0) is 6.07 Å². The highest BCUT2D eigenvalue weighted by Gasteiger charge is 2.72. The molecule has 0 saturated heterocycles. The van der Waals surface area contributed by atoms with Crippen molar-refractivity contribution in [3.63, 3.8) is 0 Å². The summed E-state index contributed by atoms with van der Waals surface area (Å²) in [5.41, 5.74) is -1.64. The van der Waals surface area contributed by atoms with E-state index in [2.05, 4.69) is 5.32 Å². The van der Waals surface area contributed by atoms with Crippen molar-refractivity contribution in [2.45, 2.75) is 12.6 Å². The molecule has 0 aromatic heterocycles. The zero-order valence-electron chi connectivity index (χ0n) is 12.9. The molecule has 0 fully saturated rings. The number of hydrogen-bond acceptors (Lipinski definition) is 1. The van der Waals surface area contributed by atoms with E-state index in [4.69, 9.17) is 0 Å². The molecule has 3 rings (SSSR count). The third kappa shape index (κ3) is 2.64. The zero-order chi connectivity index (χ0) is 19.2. The predicted molar refractivity (Wildman–Crippen MR) is 83.4 cm³/mol. The van der Waals surface area contributed by atoms with Crippen molar-refractivity contribution in [1.82, 2.24) is 4.48 Å². The average molecular weight is 373 g/mol. The van der Waals surface area contributed by atoms with Gasteiger partial charge < -0.3 is 5.32 Å². The van der Waals surface area contributed by atoms with Crippen LogP contribution >= 0.6 is 0 Å². The summed E-state index contributed by atoms with van der Waals surface area (Å²) >= 11 is 0. The normalized spacial score (nSPS) is 16.5. The van der Waals surface area contributed by atoms with Crippen LogP contribution in [0.15, 0.2) is 60.8 Å². The summed E-state index contributed by atoms with van der Waals surface area (Å²) in [6.45, 7) is 0. The summed E-state index contributed by atoms with van der Waals surface area (Å²) in [7, 11) is 0. The van der Waals surface area contributed by atoms with Gasteiger partial charge in [0.05, 0.1) is 0 Å². The van der Waals surface area contributed by atoms with Crippen molar-refractivity contribution >= 4 is 22.9 Å². The Bertz CT molecular complexity index is 857. The Labute approximate surface area is 143 Å². The lowest BCUT2D eigenvalue weighted by Crippen LogP contribution is -2.64. The molecule has 0 saturated carbocycles. The second-order valence-electron chi connectivity index (χ2n) is 5.54. The first-order valence-corrected chi connectivity index (χ1v) is 7.29. The summed E-state index contributed by atoms with van der Waals surface area (Å²) < 4.78 is 79.3. The fraction of sp³-hybridized carbons (Fsp3) is 0.118. The molecule has 0 aliphatic carbocycles. The summed E-state index contributed by atoms with van der Waals surface area (Å²) in [5.74, 6) is -1.03. The van der Waals surface area contributed by atoms with Gasteiger partial charge in [-0.25, -0.2) is 0 Å². The number of halogens is 6. The van der Waals surface area contributed by atoms with Crippen LogP contribution in [0.4, 0.5) is 37.7 Å². The molecule has 1 aliphatic heterocycles. The Hall–Kier alpha value is -2.81. The topological polar surface area (TPSA) is 29.1 Å². The summed E-state index contributed by atoms with van der Waals surface area (Å²) in [5, 5.41) is 2.27. The highest BCUT2D eigenvalue weighted by molar-refractivity contribution is 6.31. The Balaban J connectivity index is 2.35. The molecular weight excluding hydrogens is 362 g/mol. The Kier molecular flexibility index (Phi) is 4.06. The Morgan fingerprint density at radius 2 is 1.35 bits per heavy atom. The molecule has 1 N–H and O–H groups in total. The number of nitrogens with zero attached hydrogens (tertiary/aromatic N) is 1. The molecular formula is C17H11F6N2O+. The molecule has 1 heterocycles. The number of carbonyl (C=O) groups is 1. The molecule has 0 radical (unpaired) electrons. The fourth-order valence-electron chi connectivity index (χ4n) is 2.78. The molecule has 136 valence electrons. The molecule has 0 atom stereocenters. The predicted octanol–water partition coefficient (Wildman–Crippen LogP) is 5.03. The summed E-state index contributed by atoms with van der Waals surface area (Å²) in [6.07, 6.45) is -11.6. The first-order valence-electron chi connectivity index (χ1n) is 7.29. The maximum atomic E-state index is 13.8. The first-order chi connectivity index (χ1) is 12.1. The van der Waals surface area contributed by atoms with Crippen LogP contribution in [0.25, 0.3) is 5.57 Å². The minimum absolute atomic E-state index is 0.0237. The van der Waals surface area contributed by atoms with E-state index in [-0.39, 0.29) is 17.5 Å². The quantitative estimate of drug-likeness (QED) is 0.340. The van der Waals surface area contributed by atoms with Crippen LogP contribution in [0, 0.1) is 0 Å². The molecule has 0 unspecified atom stereocenters. The molecule has 0 bridgehead atoms. The fourth-order valence-corrected chi connectivity index (χ4v) is 2.78. The van der Waals surface area contributed by atoms with Gasteiger partial charge in [0.2, 0.25) is 0 Å². The lowest BCUT2D eigenvalue weighted by Gasteiger charge is -2.35. The number of rotatable bonds is 2. The molecule has 2 aromatic carbocycles. The van der Waals surface area contributed by atoms with Gasteiger partial charge in [0.15, 0.2) is 5.69 Å². The highest BCUT2D eigenvalue weighted by Crippen LogP contribution is 2.49. The van der Waals surface area contributed by atoms with Gasteiger partial charge in [0, 0.05) is 23.4 Å². The third-order valence-electron chi connectivity index (χ3n) is 4.00. The van der Waals surface area contributed by atoms with Gasteiger partial charge in [-0.2, -0.15) is 0 Å². The van der Waals surface area contributed by atoms with E-state index in [1.807, 2.05) is 0 Å². The van der Waals surface area contributed by atoms with E-state index in [9.17, 15) is 31.1 Å². The largest absolute Gasteiger partial charge is 0.578 e. The van der Waals surface area contributed by atoms with Gasteiger partial charge in [0.1, 0.15) is 11.8 Å². The third-order valence-corrected chi connectivity index (χ3v) is 4.00. The molecule has 0 spiro atoms. The van der Waals surface area contributed by atoms with Gasteiger partial charge in [-0.1, -0.05) is 40.9 Å². The van der Waals surface area contributed by atoms with Crippen molar-refractivity contribution in [2.24, 2.45) is 0 Å². The number of para-hydroxylation sites is 2. The van der Waals surface area contributed by atoms with Crippen LogP contribution in [-0.4, -0.2) is 18.5 Å². The van der Waals surface area contributed by atoms with E-state index in [1.165, 1.54) is 30.3 Å². The maximum Gasteiger partial charge on any atom is 0.578 e. The van der Waals surface area contributed by atoms with Crippen molar-refractivity contribution < 1.29 is 31.1 Å². The number of anilines is 1. The molecule has 3 nitrogen and oxygen atoms in total. The Morgan fingerprint density at radius 3 is 1.92 bits per heavy atom. The molecule has 9 heteroatoms. The number of amides is 1. The monoisotopic (exact) mass is 373 g/mol. The molecule has 1 amide bonds. The molecule has 2 aromatic rings. The number of alkyl halides is 6. The number of hydrogen-bond donors (Lipinski definition) is 1. The standard InChI is InChI=1S/C17H10F6N2O/c18-16(19,20)25(17(21,22)23,11-6-2-1-3-7-11)10-13-12-8-4-5-9-14(12)24-15(13)26/h1-10H/p+1. The van der Waals surface area contributed by atoms with Crippen molar-refractivity contribution in [2.75, 3.05) is 5.32 Å². The summed E-state index contributed by atoms with van der Waals surface area (Å²) in [6, 6.07) is 10.5. The molecule has 1 aliphatic rings. The van der Waals surface area contributed by atoms with E-state index in [0.29, 0.717) is 0 Å². The van der Waals surface area contributed by atoms with Gasteiger partial charge in [0.25, 0.3) is 5.91 Å². The van der Waals surface area contributed by atoms with Crippen molar-refractivity contribution in [3.8, 4) is 0 Å². The SMILES string of the molecule is O=C1Nc2ccccc2C1=C[N+](c1ccccc1)(C(F)(F)F)C(F)(F)F. The van der Waals surface area contributed by atoms with Gasteiger partial charge >= 0.3 is 12.6 Å². The number of carbonyl (C=O) groups excluding carboxylic acids is 1. The van der Waals surface area contributed by atoms with Crippen LogP contribution < -0.4 is 9.80 Å². The van der Waals surface area contributed by atoms with Crippen molar-refractivity contribution in [3.05, 3.63) is 66.4 Å². The van der Waals surface area contributed by atoms with E-state index >= 15 is 0 Å². The number of nitrogens with one attached hydrogen (secondary N) is 1. The first kappa shape index (κ1) is 18.0. The van der Waals surface area contributed by atoms with E-state index in [0.717, 1.165) is 24.3 Å². The van der Waals surface area contributed by atoms with E-state index in [1.54, 1.807) is 0 Å². The molecule has 26 heavy (non-hydrogen) atoms. The zero-order valence-corrected chi connectivity index (χ0v) is 12.9. The van der Waals surface area contributed by atoms with Crippen LogP contribution in [0.2, 0.25) is 0 Å². The second-order valence-corrected chi connectivity index (χ2v) is 5.54. The van der Waals surface area contributed by atoms with Crippen LogP contribution in [0.5, 0.6) is 0 Å². The smallest absolute Gasteiger partial charge is 0.321 e. The highest BCUT2D eigenvalue weighted by atomic mass is 19.4. The van der Waals surface area contributed by atoms with Gasteiger partial charge in [-0.3, -0.25) is 4.79 Å². The van der Waals surface area contributed by atoms with E-state index < -0.39 is 34.3 Å². The lowest BCUT2D eigenvalue weighted by atomic mass is 10.1. The van der Waals surface area contributed by atoms with Gasteiger partial charge in [-0.15, -0.1) is 26.3 Å². The van der Waals surface area contributed by atoms with Crippen LogP contribution in [-0.2, 0) is 4.79 Å². The van der Waals surface area contributed by atoms with Crippen LogP contribution in [0.3, 0.4) is 0 Å². The Morgan fingerprint density at radius 1 is 0.808 bits per heavy atom. The second kappa shape index (κ2) is 5.87. The minimum atomic E-state index is -5.77. The number of benzene rings is 2. The average Bonchev–Trinajstić information content (AvgIpc) is 2.86.